The lowest BCUT2D eigenvalue weighted by molar-refractivity contribution is -0.120. The molecule has 4 nitrogen and oxygen atoms in total. The molecule has 0 bridgehead atoms. The first kappa shape index (κ1) is 14.2. The molecule has 1 atom stereocenters. The van der Waals surface area contributed by atoms with Gasteiger partial charge in [0.2, 0.25) is 5.91 Å². The van der Waals surface area contributed by atoms with E-state index in [1.165, 1.54) is 0 Å². The standard InChI is InChI=1S/C14H19ClN2O2/c1-9-6-12(13(19-2)7-11(9)15)17-14(18)10-4-3-5-16-8-10/h6-7,10,16H,3-5,8H2,1-2H3,(H,17,18)/t10-/m1/s1. The molecule has 0 aromatic heterocycles. The van der Waals surface area contributed by atoms with Crippen LogP contribution in [0, 0.1) is 12.8 Å². The number of piperidine rings is 1. The zero-order valence-corrected chi connectivity index (χ0v) is 12.0. The van der Waals surface area contributed by atoms with Crippen LogP contribution in [0.1, 0.15) is 18.4 Å². The van der Waals surface area contributed by atoms with Crippen molar-refractivity contribution >= 4 is 23.2 Å². The number of carbonyl (C=O) groups is 1. The zero-order chi connectivity index (χ0) is 13.8. The summed E-state index contributed by atoms with van der Waals surface area (Å²) in [6.07, 6.45) is 1.96. The number of ether oxygens (including phenoxy) is 1. The lowest BCUT2D eigenvalue weighted by Crippen LogP contribution is -2.37. The molecular weight excluding hydrogens is 264 g/mol. The number of anilines is 1. The van der Waals surface area contributed by atoms with Gasteiger partial charge in [-0.3, -0.25) is 4.79 Å². The summed E-state index contributed by atoms with van der Waals surface area (Å²) in [5, 5.41) is 6.81. The van der Waals surface area contributed by atoms with Gasteiger partial charge in [-0.15, -0.1) is 0 Å². The average Bonchev–Trinajstić information content (AvgIpc) is 2.43. The van der Waals surface area contributed by atoms with Gasteiger partial charge in [-0.1, -0.05) is 11.6 Å². The monoisotopic (exact) mass is 282 g/mol. The van der Waals surface area contributed by atoms with Crippen molar-refractivity contribution in [2.75, 3.05) is 25.5 Å². The molecule has 0 saturated carbocycles. The first-order valence-electron chi connectivity index (χ1n) is 6.47. The molecule has 1 amide bonds. The Kier molecular flexibility index (Phi) is 4.66. The van der Waals surface area contributed by atoms with E-state index in [9.17, 15) is 4.79 Å². The Morgan fingerprint density at radius 3 is 2.95 bits per heavy atom. The molecule has 0 aliphatic carbocycles. The van der Waals surface area contributed by atoms with E-state index < -0.39 is 0 Å². The fourth-order valence-corrected chi connectivity index (χ4v) is 2.39. The molecule has 1 aliphatic rings. The molecule has 104 valence electrons. The first-order chi connectivity index (χ1) is 9.11. The quantitative estimate of drug-likeness (QED) is 0.896. The number of methoxy groups -OCH3 is 1. The Morgan fingerprint density at radius 2 is 2.32 bits per heavy atom. The van der Waals surface area contributed by atoms with Gasteiger partial charge in [0.25, 0.3) is 0 Å². The Bertz CT molecular complexity index is 471. The summed E-state index contributed by atoms with van der Waals surface area (Å²) in [5.74, 6) is 0.648. The summed E-state index contributed by atoms with van der Waals surface area (Å²) in [6.45, 7) is 3.63. The Labute approximate surface area is 118 Å². The molecule has 0 unspecified atom stereocenters. The molecular formula is C14H19ClN2O2. The highest BCUT2D eigenvalue weighted by atomic mass is 35.5. The average molecular weight is 283 g/mol. The van der Waals surface area contributed by atoms with Crippen LogP contribution >= 0.6 is 11.6 Å². The topological polar surface area (TPSA) is 50.4 Å². The third kappa shape index (κ3) is 3.39. The number of halogens is 1. The first-order valence-corrected chi connectivity index (χ1v) is 6.85. The maximum atomic E-state index is 12.2. The predicted molar refractivity (Wildman–Crippen MR) is 77.0 cm³/mol. The van der Waals surface area contributed by atoms with Crippen LogP contribution < -0.4 is 15.4 Å². The normalized spacial score (nSPS) is 19.0. The highest BCUT2D eigenvalue weighted by molar-refractivity contribution is 6.31. The van der Waals surface area contributed by atoms with E-state index in [0.717, 1.165) is 31.5 Å². The fraction of sp³-hybridized carbons (Fsp3) is 0.500. The number of rotatable bonds is 3. The van der Waals surface area contributed by atoms with Crippen LogP contribution in [0.15, 0.2) is 12.1 Å². The van der Waals surface area contributed by atoms with E-state index in [2.05, 4.69) is 10.6 Å². The van der Waals surface area contributed by atoms with Crippen molar-refractivity contribution in [3.05, 3.63) is 22.7 Å². The Balaban J connectivity index is 2.13. The molecule has 1 heterocycles. The number of carbonyl (C=O) groups excluding carboxylic acids is 1. The van der Waals surface area contributed by atoms with E-state index in [0.29, 0.717) is 16.5 Å². The van der Waals surface area contributed by atoms with E-state index >= 15 is 0 Å². The summed E-state index contributed by atoms with van der Waals surface area (Å²) in [6, 6.07) is 3.57. The molecule has 2 rings (SSSR count). The predicted octanol–water partition coefficient (Wildman–Crippen LogP) is 2.60. The minimum Gasteiger partial charge on any atom is -0.495 e. The summed E-state index contributed by atoms with van der Waals surface area (Å²) < 4.78 is 5.25. The molecule has 0 radical (unpaired) electrons. The minimum absolute atomic E-state index is 0.0226. The Hall–Kier alpha value is -1.26. The molecule has 5 heteroatoms. The second-order valence-corrected chi connectivity index (χ2v) is 5.24. The second-order valence-electron chi connectivity index (χ2n) is 4.83. The minimum atomic E-state index is 0.0226. The van der Waals surface area contributed by atoms with Crippen molar-refractivity contribution in [1.29, 1.82) is 0 Å². The molecule has 19 heavy (non-hydrogen) atoms. The van der Waals surface area contributed by atoms with Crippen molar-refractivity contribution in [2.45, 2.75) is 19.8 Å². The SMILES string of the molecule is COc1cc(Cl)c(C)cc1NC(=O)[C@@H]1CCCNC1. The van der Waals surface area contributed by atoms with Gasteiger partial charge in [-0.25, -0.2) is 0 Å². The summed E-state index contributed by atoms with van der Waals surface area (Å²) >= 11 is 6.05. The molecule has 1 aromatic carbocycles. The van der Waals surface area contributed by atoms with Crippen molar-refractivity contribution in [1.82, 2.24) is 5.32 Å². The molecule has 1 aromatic rings. The number of aryl methyl sites for hydroxylation is 1. The lowest BCUT2D eigenvalue weighted by atomic mass is 9.98. The number of hydrogen-bond acceptors (Lipinski definition) is 3. The van der Waals surface area contributed by atoms with Gasteiger partial charge in [0.15, 0.2) is 0 Å². The molecule has 1 fully saturated rings. The Morgan fingerprint density at radius 1 is 1.53 bits per heavy atom. The largest absolute Gasteiger partial charge is 0.495 e. The number of nitrogens with one attached hydrogen (secondary N) is 2. The van der Waals surface area contributed by atoms with Crippen LogP contribution in [0.3, 0.4) is 0 Å². The van der Waals surface area contributed by atoms with Gasteiger partial charge in [0.05, 0.1) is 18.7 Å². The maximum absolute atomic E-state index is 12.2. The highest BCUT2D eigenvalue weighted by Crippen LogP contribution is 2.31. The second kappa shape index (κ2) is 6.26. The highest BCUT2D eigenvalue weighted by Gasteiger charge is 2.22. The third-order valence-corrected chi connectivity index (χ3v) is 3.81. The van der Waals surface area contributed by atoms with Crippen LogP contribution in [-0.4, -0.2) is 26.1 Å². The van der Waals surface area contributed by atoms with E-state index in [4.69, 9.17) is 16.3 Å². The van der Waals surface area contributed by atoms with Crippen LogP contribution in [-0.2, 0) is 4.79 Å². The van der Waals surface area contributed by atoms with E-state index in [1.807, 2.05) is 13.0 Å². The van der Waals surface area contributed by atoms with Gasteiger partial charge < -0.3 is 15.4 Å². The zero-order valence-electron chi connectivity index (χ0n) is 11.3. The van der Waals surface area contributed by atoms with Gasteiger partial charge in [0.1, 0.15) is 5.75 Å². The van der Waals surface area contributed by atoms with Crippen LogP contribution in [0.2, 0.25) is 5.02 Å². The third-order valence-electron chi connectivity index (χ3n) is 3.41. The number of benzene rings is 1. The van der Waals surface area contributed by atoms with Crippen LogP contribution in [0.4, 0.5) is 5.69 Å². The molecule has 1 aliphatic heterocycles. The van der Waals surface area contributed by atoms with Crippen molar-refractivity contribution in [3.8, 4) is 5.75 Å². The lowest BCUT2D eigenvalue weighted by Gasteiger charge is -2.22. The summed E-state index contributed by atoms with van der Waals surface area (Å²) in [7, 11) is 1.57. The van der Waals surface area contributed by atoms with Gasteiger partial charge >= 0.3 is 0 Å². The molecule has 2 N–H and O–H groups in total. The van der Waals surface area contributed by atoms with Gasteiger partial charge in [0, 0.05) is 17.6 Å². The fourth-order valence-electron chi connectivity index (χ4n) is 2.24. The van der Waals surface area contributed by atoms with Crippen molar-refractivity contribution in [2.24, 2.45) is 5.92 Å². The van der Waals surface area contributed by atoms with Crippen LogP contribution in [0.25, 0.3) is 0 Å². The number of hydrogen-bond donors (Lipinski definition) is 2. The van der Waals surface area contributed by atoms with Crippen LogP contribution in [0.5, 0.6) is 5.75 Å². The van der Waals surface area contributed by atoms with Gasteiger partial charge in [-0.05, 0) is 37.9 Å². The smallest absolute Gasteiger partial charge is 0.228 e. The van der Waals surface area contributed by atoms with E-state index in [-0.39, 0.29) is 11.8 Å². The molecule has 0 spiro atoms. The van der Waals surface area contributed by atoms with Crippen molar-refractivity contribution in [3.63, 3.8) is 0 Å². The number of amides is 1. The summed E-state index contributed by atoms with van der Waals surface area (Å²) in [4.78, 5) is 12.2. The summed E-state index contributed by atoms with van der Waals surface area (Å²) in [5.41, 5.74) is 1.60. The van der Waals surface area contributed by atoms with Crippen molar-refractivity contribution < 1.29 is 9.53 Å². The van der Waals surface area contributed by atoms with Gasteiger partial charge in [-0.2, -0.15) is 0 Å². The maximum Gasteiger partial charge on any atom is 0.228 e. The molecule has 1 saturated heterocycles. The van der Waals surface area contributed by atoms with E-state index in [1.54, 1.807) is 13.2 Å².